The molecule has 138 valence electrons. The maximum atomic E-state index is 14.2. The van der Waals surface area contributed by atoms with Gasteiger partial charge in [0.05, 0.1) is 24.3 Å². The summed E-state index contributed by atoms with van der Waals surface area (Å²) >= 11 is 1.48. The fourth-order valence-corrected chi connectivity index (χ4v) is 4.52. The van der Waals surface area contributed by atoms with Gasteiger partial charge >= 0.3 is 0 Å². The van der Waals surface area contributed by atoms with Crippen LogP contribution >= 0.6 is 11.3 Å². The minimum atomic E-state index is -3.93. The standard InChI is InChI=1S/C18H18FNO4S2/c1-2-23-18-6-5-16(10-17(18)19)26(21,22)20(11-14-7-9-25-13-14)12-15-4-3-8-24-15/h3-10,13H,2,11-12H2,1H3. The summed E-state index contributed by atoms with van der Waals surface area (Å²) < 4.78 is 52.0. The fraction of sp³-hybridized carbons (Fsp3) is 0.222. The lowest BCUT2D eigenvalue weighted by Crippen LogP contribution is -2.30. The molecule has 0 spiro atoms. The molecule has 26 heavy (non-hydrogen) atoms. The molecule has 2 heterocycles. The van der Waals surface area contributed by atoms with Gasteiger partial charge in [0.2, 0.25) is 10.0 Å². The molecule has 0 aliphatic rings. The van der Waals surface area contributed by atoms with Crippen LogP contribution in [-0.2, 0) is 23.1 Å². The first-order valence-electron chi connectivity index (χ1n) is 7.96. The molecular formula is C18H18FNO4S2. The van der Waals surface area contributed by atoms with Crippen molar-refractivity contribution >= 4 is 21.4 Å². The van der Waals surface area contributed by atoms with Gasteiger partial charge in [-0.15, -0.1) is 0 Å². The van der Waals surface area contributed by atoms with Crippen LogP contribution < -0.4 is 4.74 Å². The summed E-state index contributed by atoms with van der Waals surface area (Å²) in [6.45, 7) is 2.25. The fourth-order valence-electron chi connectivity index (χ4n) is 2.45. The molecule has 0 saturated carbocycles. The average Bonchev–Trinajstić information content (AvgIpc) is 3.30. The van der Waals surface area contributed by atoms with Gasteiger partial charge < -0.3 is 9.15 Å². The molecule has 0 saturated heterocycles. The molecule has 2 aromatic heterocycles. The molecule has 0 N–H and O–H groups in total. The van der Waals surface area contributed by atoms with Gasteiger partial charge in [-0.2, -0.15) is 15.6 Å². The zero-order chi connectivity index (χ0) is 18.6. The number of rotatable bonds is 8. The predicted octanol–water partition coefficient (Wildman–Crippen LogP) is 4.27. The van der Waals surface area contributed by atoms with Crippen molar-refractivity contribution in [1.82, 2.24) is 4.31 Å². The zero-order valence-electron chi connectivity index (χ0n) is 14.1. The first kappa shape index (κ1) is 18.6. The van der Waals surface area contributed by atoms with E-state index in [0.717, 1.165) is 11.6 Å². The number of sulfonamides is 1. The van der Waals surface area contributed by atoms with Crippen LogP contribution in [-0.4, -0.2) is 19.3 Å². The lowest BCUT2D eigenvalue weighted by atomic mass is 10.3. The molecule has 0 radical (unpaired) electrons. The third-order valence-electron chi connectivity index (χ3n) is 3.69. The highest BCUT2D eigenvalue weighted by Gasteiger charge is 2.27. The van der Waals surface area contributed by atoms with Crippen molar-refractivity contribution in [2.24, 2.45) is 0 Å². The van der Waals surface area contributed by atoms with Gasteiger partial charge in [-0.3, -0.25) is 0 Å². The molecule has 3 rings (SSSR count). The zero-order valence-corrected chi connectivity index (χ0v) is 15.7. The van der Waals surface area contributed by atoms with Crippen LogP contribution in [0, 0.1) is 5.82 Å². The lowest BCUT2D eigenvalue weighted by Gasteiger charge is -2.21. The number of thiophene rings is 1. The lowest BCUT2D eigenvalue weighted by molar-refractivity contribution is 0.320. The van der Waals surface area contributed by atoms with E-state index < -0.39 is 15.8 Å². The predicted molar refractivity (Wildman–Crippen MR) is 97.0 cm³/mol. The molecule has 8 heteroatoms. The summed E-state index contributed by atoms with van der Waals surface area (Å²) in [7, 11) is -3.93. The van der Waals surface area contributed by atoms with Gasteiger partial charge in [0.15, 0.2) is 11.6 Å². The Bertz CT molecular complexity index is 901. The summed E-state index contributed by atoms with van der Waals surface area (Å²) in [6.07, 6.45) is 1.49. The summed E-state index contributed by atoms with van der Waals surface area (Å²) in [5.41, 5.74) is 0.858. The number of hydrogen-bond donors (Lipinski definition) is 0. The number of nitrogens with zero attached hydrogens (tertiary/aromatic N) is 1. The average molecular weight is 395 g/mol. The maximum absolute atomic E-state index is 14.2. The number of ether oxygens (including phenoxy) is 1. The molecule has 0 aliphatic carbocycles. The van der Waals surface area contributed by atoms with E-state index in [9.17, 15) is 12.8 Å². The first-order chi connectivity index (χ1) is 12.5. The largest absolute Gasteiger partial charge is 0.491 e. The third-order valence-corrected chi connectivity index (χ3v) is 6.21. The van der Waals surface area contributed by atoms with E-state index in [1.165, 1.54) is 34.0 Å². The van der Waals surface area contributed by atoms with Crippen LogP contribution in [0.4, 0.5) is 4.39 Å². The monoisotopic (exact) mass is 395 g/mol. The van der Waals surface area contributed by atoms with Crippen LogP contribution in [0.25, 0.3) is 0 Å². The van der Waals surface area contributed by atoms with Gasteiger partial charge in [-0.25, -0.2) is 12.8 Å². The number of halogens is 1. The summed E-state index contributed by atoms with van der Waals surface area (Å²) in [6, 6.07) is 8.93. The Morgan fingerprint density at radius 2 is 2.08 bits per heavy atom. The molecule has 0 atom stereocenters. The number of hydrogen-bond acceptors (Lipinski definition) is 5. The highest BCUT2D eigenvalue weighted by molar-refractivity contribution is 7.89. The van der Waals surface area contributed by atoms with Gasteiger partial charge in [-0.1, -0.05) is 0 Å². The van der Waals surface area contributed by atoms with E-state index in [4.69, 9.17) is 9.15 Å². The van der Waals surface area contributed by atoms with Crippen LogP contribution in [0.15, 0.2) is 62.7 Å². The van der Waals surface area contributed by atoms with Crippen molar-refractivity contribution in [3.63, 3.8) is 0 Å². The summed E-state index contributed by atoms with van der Waals surface area (Å²) in [4.78, 5) is -0.125. The molecule has 0 bridgehead atoms. The smallest absolute Gasteiger partial charge is 0.243 e. The molecular weight excluding hydrogens is 377 g/mol. The summed E-state index contributed by atoms with van der Waals surface area (Å²) in [5, 5.41) is 3.76. The molecule has 3 aromatic rings. The van der Waals surface area contributed by atoms with Crippen molar-refractivity contribution in [2.45, 2.75) is 24.9 Å². The Hall–Kier alpha value is -2.16. The Morgan fingerprint density at radius 1 is 1.23 bits per heavy atom. The topological polar surface area (TPSA) is 59.8 Å². The van der Waals surface area contributed by atoms with Crippen molar-refractivity contribution in [3.05, 3.63) is 70.6 Å². The van der Waals surface area contributed by atoms with Gasteiger partial charge in [0.1, 0.15) is 5.76 Å². The van der Waals surface area contributed by atoms with Gasteiger partial charge in [0, 0.05) is 6.54 Å². The quantitative estimate of drug-likeness (QED) is 0.571. The highest BCUT2D eigenvalue weighted by Crippen LogP contribution is 2.26. The highest BCUT2D eigenvalue weighted by atomic mass is 32.2. The maximum Gasteiger partial charge on any atom is 0.243 e. The first-order valence-corrected chi connectivity index (χ1v) is 10.3. The number of furan rings is 1. The van der Waals surface area contributed by atoms with Crippen LogP contribution in [0.1, 0.15) is 18.2 Å². The van der Waals surface area contributed by atoms with E-state index in [2.05, 4.69) is 0 Å². The van der Waals surface area contributed by atoms with Crippen molar-refractivity contribution in [2.75, 3.05) is 6.61 Å². The Labute approximate surface area is 155 Å². The van der Waals surface area contributed by atoms with Gasteiger partial charge in [0.25, 0.3) is 0 Å². The molecule has 0 unspecified atom stereocenters. The Balaban J connectivity index is 1.94. The molecule has 5 nitrogen and oxygen atoms in total. The Morgan fingerprint density at radius 3 is 2.69 bits per heavy atom. The van der Waals surface area contributed by atoms with Crippen molar-refractivity contribution in [1.29, 1.82) is 0 Å². The molecule has 0 amide bonds. The normalized spacial score (nSPS) is 11.8. The minimum absolute atomic E-state index is 0.0295. The Kier molecular flexibility index (Phi) is 5.75. The summed E-state index contributed by atoms with van der Waals surface area (Å²) in [5.74, 6) is -0.168. The molecule has 0 fully saturated rings. The van der Waals surface area contributed by atoms with E-state index >= 15 is 0 Å². The minimum Gasteiger partial charge on any atom is -0.491 e. The molecule has 1 aromatic carbocycles. The van der Waals surface area contributed by atoms with E-state index in [0.29, 0.717) is 12.4 Å². The molecule has 0 aliphatic heterocycles. The van der Waals surface area contributed by atoms with E-state index in [-0.39, 0.29) is 23.7 Å². The second-order valence-electron chi connectivity index (χ2n) is 5.51. The van der Waals surface area contributed by atoms with E-state index in [1.807, 2.05) is 16.8 Å². The second kappa shape index (κ2) is 8.03. The van der Waals surface area contributed by atoms with E-state index in [1.54, 1.807) is 19.1 Å². The van der Waals surface area contributed by atoms with Crippen molar-refractivity contribution in [3.8, 4) is 5.75 Å². The van der Waals surface area contributed by atoms with Crippen LogP contribution in [0.5, 0.6) is 5.75 Å². The van der Waals surface area contributed by atoms with Crippen LogP contribution in [0.3, 0.4) is 0 Å². The second-order valence-corrected chi connectivity index (χ2v) is 8.23. The SMILES string of the molecule is CCOc1ccc(S(=O)(=O)N(Cc2ccsc2)Cc2ccco2)cc1F. The van der Waals surface area contributed by atoms with Crippen molar-refractivity contribution < 1.29 is 22.0 Å². The third kappa shape index (κ3) is 4.14. The van der Waals surface area contributed by atoms with Gasteiger partial charge in [-0.05, 0) is 59.6 Å². The van der Waals surface area contributed by atoms with Crippen LogP contribution in [0.2, 0.25) is 0 Å². The number of benzene rings is 1.